The van der Waals surface area contributed by atoms with Crippen molar-refractivity contribution in [3.63, 3.8) is 0 Å². The van der Waals surface area contributed by atoms with E-state index in [1.54, 1.807) is 6.92 Å². The molecular weight excluding hydrogens is 194 g/mol. The van der Waals surface area contributed by atoms with Crippen LogP contribution in [-0.4, -0.2) is 17.9 Å². The zero-order valence-electron chi connectivity index (χ0n) is 9.15. The van der Waals surface area contributed by atoms with Crippen LogP contribution in [0, 0.1) is 0 Å². The van der Waals surface area contributed by atoms with Gasteiger partial charge in [-0.1, -0.05) is 0 Å². The highest BCUT2D eigenvalue weighted by Gasteiger charge is 1.88. The second-order valence-electron chi connectivity index (χ2n) is 3.05. The lowest BCUT2D eigenvalue weighted by atomic mass is 10.3. The van der Waals surface area contributed by atoms with Crippen LogP contribution in [0.2, 0.25) is 0 Å². The molecule has 0 unspecified atom stereocenters. The monoisotopic (exact) mass is 211 g/mol. The summed E-state index contributed by atoms with van der Waals surface area (Å²) in [5.74, 6) is 0.403. The minimum atomic E-state index is -0.0977. The molecule has 0 saturated heterocycles. The van der Waals surface area contributed by atoms with Crippen molar-refractivity contribution in [2.45, 2.75) is 20.8 Å². The number of nitrogens with one attached hydrogen (secondary N) is 1. The molecule has 15 heavy (non-hydrogen) atoms. The molecule has 0 atom stereocenters. The highest BCUT2D eigenvalue weighted by Crippen LogP contribution is 1.90. The molecule has 0 aliphatic rings. The number of guanidine groups is 1. The van der Waals surface area contributed by atoms with Gasteiger partial charge in [0.05, 0.1) is 11.9 Å². The summed E-state index contributed by atoms with van der Waals surface area (Å²) >= 11 is 0. The zero-order valence-corrected chi connectivity index (χ0v) is 9.15. The molecule has 0 spiro atoms. The maximum absolute atomic E-state index is 5.57. The fourth-order valence-electron chi connectivity index (χ4n) is 0.469. The molecule has 0 rings (SSSR count). The van der Waals surface area contributed by atoms with E-state index in [0.29, 0.717) is 11.5 Å². The van der Waals surface area contributed by atoms with E-state index in [1.165, 1.54) is 6.21 Å². The summed E-state index contributed by atoms with van der Waals surface area (Å²) in [7, 11) is 0. The van der Waals surface area contributed by atoms with Gasteiger partial charge in [-0.25, -0.2) is 0 Å². The van der Waals surface area contributed by atoms with E-state index >= 15 is 0 Å². The minimum absolute atomic E-state index is 0.0977. The maximum Gasteiger partial charge on any atom is 0.211 e. The van der Waals surface area contributed by atoms with Crippen LogP contribution in [-0.2, 0) is 0 Å². The maximum atomic E-state index is 5.57. The van der Waals surface area contributed by atoms with Gasteiger partial charge >= 0.3 is 0 Å². The number of nitrogens with zero attached hydrogens (tertiary/aromatic N) is 3. The van der Waals surface area contributed by atoms with E-state index in [9.17, 15) is 0 Å². The average molecular weight is 211 g/mol. The Hall–Kier alpha value is -2.05. The van der Waals surface area contributed by atoms with Crippen LogP contribution in [0.3, 0.4) is 0 Å². The number of rotatable bonds is 4. The molecule has 84 valence electrons. The zero-order chi connectivity index (χ0) is 11.8. The van der Waals surface area contributed by atoms with Gasteiger partial charge in [0, 0.05) is 0 Å². The lowest BCUT2D eigenvalue weighted by molar-refractivity contribution is 0.856. The molecule has 0 saturated carbocycles. The highest BCUT2D eigenvalue weighted by atomic mass is 15.3. The quantitative estimate of drug-likeness (QED) is 0.282. The molecule has 7 N–H and O–H groups in total. The third kappa shape index (κ3) is 7.05. The van der Waals surface area contributed by atoms with Gasteiger partial charge in [0.15, 0.2) is 0 Å². The second kappa shape index (κ2) is 6.41. The van der Waals surface area contributed by atoms with Crippen molar-refractivity contribution in [2.75, 3.05) is 0 Å². The number of nitrogens with two attached hydrogens (primary N) is 3. The number of allylic oxidation sites excluding steroid dienone is 1. The lowest BCUT2D eigenvalue weighted by Gasteiger charge is -2.00. The third-order valence-corrected chi connectivity index (χ3v) is 1.30. The Kier molecular flexibility index (Phi) is 5.53. The summed E-state index contributed by atoms with van der Waals surface area (Å²) in [4.78, 5) is 0. The average Bonchev–Trinajstić information content (AvgIpc) is 2.14. The molecule has 7 heteroatoms. The summed E-state index contributed by atoms with van der Waals surface area (Å²) in [5, 5.41) is 11.0. The van der Waals surface area contributed by atoms with E-state index in [2.05, 4.69) is 20.7 Å². The summed E-state index contributed by atoms with van der Waals surface area (Å²) in [6, 6.07) is 0. The van der Waals surface area contributed by atoms with Crippen molar-refractivity contribution in [3.05, 3.63) is 11.4 Å². The molecule has 0 heterocycles. The fourth-order valence-corrected chi connectivity index (χ4v) is 0.469. The van der Waals surface area contributed by atoms with Gasteiger partial charge < -0.3 is 17.2 Å². The van der Waals surface area contributed by atoms with Crippen molar-refractivity contribution < 1.29 is 0 Å². The smallest absolute Gasteiger partial charge is 0.211 e. The first-order valence-corrected chi connectivity index (χ1v) is 4.28. The topological polar surface area (TPSA) is 127 Å². The first-order chi connectivity index (χ1) is 6.93. The Morgan fingerprint density at radius 3 is 2.13 bits per heavy atom. The molecule has 0 aromatic carbocycles. The number of hydrogen-bond acceptors (Lipinski definition) is 5. The Bertz CT molecular complexity index is 316. The minimum Gasteiger partial charge on any atom is -0.384 e. The van der Waals surface area contributed by atoms with Crippen LogP contribution in [0.25, 0.3) is 0 Å². The molecule has 0 amide bonds. The van der Waals surface area contributed by atoms with Crippen molar-refractivity contribution in [1.29, 1.82) is 0 Å². The van der Waals surface area contributed by atoms with Crippen LogP contribution in [0.15, 0.2) is 26.7 Å². The van der Waals surface area contributed by atoms with Crippen LogP contribution < -0.4 is 22.6 Å². The lowest BCUT2D eigenvalue weighted by Crippen LogP contribution is -2.22. The van der Waals surface area contributed by atoms with Crippen LogP contribution >= 0.6 is 0 Å². The summed E-state index contributed by atoms with van der Waals surface area (Å²) in [6.07, 6.45) is 1.46. The second-order valence-corrected chi connectivity index (χ2v) is 3.05. The SMILES string of the molecule is CC(C)=C(N)N/N=C/C(C)=N/N=C(N)N. The van der Waals surface area contributed by atoms with Gasteiger partial charge in [-0.15, -0.1) is 5.10 Å². The van der Waals surface area contributed by atoms with E-state index < -0.39 is 0 Å². The molecule has 0 fully saturated rings. The summed E-state index contributed by atoms with van der Waals surface area (Å²) < 4.78 is 0. The Balaban J connectivity index is 4.26. The molecular formula is C8H17N7. The number of hydrogen-bond donors (Lipinski definition) is 4. The van der Waals surface area contributed by atoms with E-state index in [1.807, 2.05) is 13.8 Å². The van der Waals surface area contributed by atoms with Gasteiger partial charge in [0.25, 0.3) is 0 Å². The summed E-state index contributed by atoms with van der Waals surface area (Å²) in [6.45, 7) is 5.45. The van der Waals surface area contributed by atoms with Crippen molar-refractivity contribution in [3.8, 4) is 0 Å². The standard InChI is InChI=1S/C8H17N7/c1-5(2)7(9)14-12-4-6(3)13-15-8(10)11/h4,14H,9H2,1-3H3,(H4,10,11,15)/b12-4+,13-6+. The normalized spacial score (nSPS) is 11.3. The molecule has 0 aliphatic carbocycles. The van der Waals surface area contributed by atoms with Crippen molar-refractivity contribution in [1.82, 2.24) is 5.43 Å². The van der Waals surface area contributed by atoms with E-state index in [4.69, 9.17) is 17.2 Å². The molecule has 0 aromatic heterocycles. The first-order valence-electron chi connectivity index (χ1n) is 4.28. The third-order valence-electron chi connectivity index (χ3n) is 1.30. The number of hydrazone groups is 1. The Labute approximate surface area is 88.8 Å². The highest BCUT2D eigenvalue weighted by molar-refractivity contribution is 6.29. The van der Waals surface area contributed by atoms with Gasteiger partial charge in [-0.2, -0.15) is 10.2 Å². The van der Waals surface area contributed by atoms with E-state index in [-0.39, 0.29) is 5.96 Å². The predicted molar refractivity (Wildman–Crippen MR) is 63.1 cm³/mol. The largest absolute Gasteiger partial charge is 0.384 e. The van der Waals surface area contributed by atoms with Crippen molar-refractivity contribution >= 4 is 17.9 Å². The molecule has 0 bridgehead atoms. The predicted octanol–water partition coefficient (Wildman–Crippen LogP) is -0.579. The molecule has 0 aliphatic heterocycles. The van der Waals surface area contributed by atoms with Gasteiger partial charge in [0.1, 0.15) is 5.82 Å². The van der Waals surface area contributed by atoms with Crippen molar-refractivity contribution in [2.24, 2.45) is 32.5 Å². The van der Waals surface area contributed by atoms with Gasteiger partial charge in [-0.05, 0) is 26.3 Å². The fraction of sp³-hybridized carbons (Fsp3) is 0.375. The van der Waals surface area contributed by atoms with Gasteiger partial charge in [0.2, 0.25) is 5.96 Å². The van der Waals surface area contributed by atoms with E-state index in [0.717, 1.165) is 5.57 Å². The van der Waals surface area contributed by atoms with Crippen LogP contribution in [0.5, 0.6) is 0 Å². The molecule has 0 radical (unpaired) electrons. The first kappa shape index (κ1) is 12.9. The molecule has 7 nitrogen and oxygen atoms in total. The van der Waals surface area contributed by atoms with Crippen LogP contribution in [0.4, 0.5) is 0 Å². The van der Waals surface area contributed by atoms with Gasteiger partial charge in [-0.3, -0.25) is 5.43 Å². The van der Waals surface area contributed by atoms with Crippen LogP contribution in [0.1, 0.15) is 20.8 Å². The molecule has 0 aromatic rings. The Morgan fingerprint density at radius 2 is 1.67 bits per heavy atom. The summed E-state index contributed by atoms with van der Waals surface area (Å²) in [5.41, 5.74) is 19.9. The Morgan fingerprint density at radius 1 is 1.07 bits per heavy atom.